The molecule has 0 amide bonds. The van der Waals surface area contributed by atoms with Gasteiger partial charge < -0.3 is 14.8 Å². The van der Waals surface area contributed by atoms with Gasteiger partial charge in [0.2, 0.25) is 0 Å². The highest BCUT2D eigenvalue weighted by molar-refractivity contribution is 6.03. The number of ether oxygens (including phenoxy) is 2. The second kappa shape index (κ2) is 19.8. The number of ketones is 1. The average molecular weight is 518 g/mol. The van der Waals surface area contributed by atoms with Gasteiger partial charge in [-0.05, 0) is 38.3 Å². The van der Waals surface area contributed by atoms with E-state index in [-0.39, 0.29) is 5.54 Å². The monoisotopic (exact) mass is 517 g/mol. The van der Waals surface area contributed by atoms with Crippen molar-refractivity contribution in [2.75, 3.05) is 19.8 Å². The molecule has 1 aliphatic rings. The molecule has 0 bridgehead atoms. The standard InChI is InChI=1S/C24H38O4.C7H13NO/c1-3-5-7-9-11-15-19-27-23(25)21-17-13-14-18-22(21)24(26)28-20-16-12-10-8-6-4-2;1-3-7(2)4-6(9)5-8-7/h13-14,17-18H,3-12,15-16,19-20H2,1-2H3;8H,3-5H2,1-2H3. The number of unbranched alkanes of at least 4 members (excludes halogenated alkanes) is 10. The molecule has 1 saturated heterocycles. The molecule has 6 heteroatoms. The summed E-state index contributed by atoms with van der Waals surface area (Å²) in [7, 11) is 0. The Kier molecular flexibility index (Phi) is 17.6. The molecule has 0 aromatic heterocycles. The molecule has 1 aliphatic heterocycles. The van der Waals surface area contributed by atoms with Crippen LogP contribution in [0.25, 0.3) is 0 Å². The first-order valence-electron chi connectivity index (χ1n) is 14.6. The number of esters is 2. The van der Waals surface area contributed by atoms with E-state index < -0.39 is 11.9 Å². The predicted octanol–water partition coefficient (Wildman–Crippen LogP) is 7.44. The molecule has 1 fully saturated rings. The maximum Gasteiger partial charge on any atom is 0.339 e. The van der Waals surface area contributed by atoms with Gasteiger partial charge in [0.15, 0.2) is 0 Å². The van der Waals surface area contributed by atoms with Crippen molar-refractivity contribution in [2.45, 2.75) is 123 Å². The van der Waals surface area contributed by atoms with Crippen molar-refractivity contribution in [3.8, 4) is 0 Å². The van der Waals surface area contributed by atoms with Crippen molar-refractivity contribution >= 4 is 17.7 Å². The summed E-state index contributed by atoms with van der Waals surface area (Å²) >= 11 is 0. The molecule has 0 saturated carbocycles. The van der Waals surface area contributed by atoms with Crippen LogP contribution < -0.4 is 5.32 Å². The van der Waals surface area contributed by atoms with E-state index in [2.05, 4.69) is 33.0 Å². The van der Waals surface area contributed by atoms with Gasteiger partial charge in [-0.15, -0.1) is 0 Å². The molecule has 0 aliphatic carbocycles. The van der Waals surface area contributed by atoms with Gasteiger partial charge in [-0.3, -0.25) is 4.79 Å². The van der Waals surface area contributed by atoms with Crippen molar-refractivity contribution in [3.05, 3.63) is 35.4 Å². The van der Waals surface area contributed by atoms with Crippen molar-refractivity contribution in [2.24, 2.45) is 0 Å². The van der Waals surface area contributed by atoms with Crippen molar-refractivity contribution in [1.82, 2.24) is 5.32 Å². The number of Topliss-reactive ketones (excluding diaryl/α,β-unsaturated/α-hetero) is 1. The lowest BCUT2D eigenvalue weighted by atomic mass is 9.97. The SMILES string of the molecule is CCC1(C)CC(=O)CN1.CCCCCCCCOC(=O)c1ccccc1C(=O)OCCCCCCCC. The van der Waals surface area contributed by atoms with Crippen LogP contribution >= 0.6 is 0 Å². The van der Waals surface area contributed by atoms with E-state index in [4.69, 9.17) is 9.47 Å². The Labute approximate surface area is 225 Å². The number of rotatable bonds is 17. The molecule has 1 aromatic rings. The third kappa shape index (κ3) is 14.3. The molecule has 1 aromatic carbocycles. The van der Waals surface area contributed by atoms with Crippen LogP contribution in [0.3, 0.4) is 0 Å². The third-order valence-corrected chi connectivity index (χ3v) is 6.91. The molecule has 0 spiro atoms. The normalized spacial score (nSPS) is 16.7. The van der Waals surface area contributed by atoms with Gasteiger partial charge in [-0.1, -0.05) is 97.1 Å². The van der Waals surface area contributed by atoms with Crippen LogP contribution in [0.15, 0.2) is 24.3 Å². The van der Waals surface area contributed by atoms with E-state index in [0.29, 0.717) is 43.1 Å². The van der Waals surface area contributed by atoms with Crippen molar-refractivity contribution in [3.63, 3.8) is 0 Å². The first kappa shape index (κ1) is 32.8. The summed E-state index contributed by atoms with van der Waals surface area (Å²) in [6.45, 7) is 9.95. The molecule has 1 N–H and O–H groups in total. The fourth-order valence-corrected chi connectivity index (χ4v) is 4.21. The summed E-state index contributed by atoms with van der Waals surface area (Å²) < 4.78 is 10.7. The fraction of sp³-hybridized carbons (Fsp3) is 0.710. The summed E-state index contributed by atoms with van der Waals surface area (Å²) in [5, 5.41) is 3.18. The lowest BCUT2D eigenvalue weighted by Crippen LogP contribution is -2.34. The molecular formula is C31H51NO5. The molecule has 1 unspecified atom stereocenters. The zero-order valence-electron chi connectivity index (χ0n) is 23.9. The molecular weight excluding hydrogens is 466 g/mol. The number of carbonyl (C=O) groups is 3. The number of nitrogens with one attached hydrogen (secondary N) is 1. The van der Waals surface area contributed by atoms with E-state index in [1.807, 2.05) is 0 Å². The van der Waals surface area contributed by atoms with Crippen molar-refractivity contribution < 1.29 is 23.9 Å². The largest absolute Gasteiger partial charge is 0.462 e. The lowest BCUT2D eigenvalue weighted by molar-refractivity contribution is -0.116. The molecule has 6 nitrogen and oxygen atoms in total. The number of carbonyl (C=O) groups excluding carboxylic acids is 3. The van der Waals surface area contributed by atoms with E-state index in [1.165, 1.54) is 51.4 Å². The number of hydrogen-bond acceptors (Lipinski definition) is 6. The van der Waals surface area contributed by atoms with Gasteiger partial charge in [0.25, 0.3) is 0 Å². The van der Waals surface area contributed by atoms with Crippen LogP contribution in [0.5, 0.6) is 0 Å². The van der Waals surface area contributed by atoms with E-state index in [1.54, 1.807) is 24.3 Å². The minimum atomic E-state index is -0.444. The number of hydrogen-bond donors (Lipinski definition) is 1. The fourth-order valence-electron chi connectivity index (χ4n) is 4.21. The van der Waals surface area contributed by atoms with Crippen LogP contribution in [-0.4, -0.2) is 43.0 Å². The van der Waals surface area contributed by atoms with Gasteiger partial charge in [0.1, 0.15) is 5.78 Å². The Balaban J connectivity index is 0.000000635. The zero-order valence-corrected chi connectivity index (χ0v) is 23.9. The molecule has 1 atom stereocenters. The zero-order chi connectivity index (χ0) is 27.4. The molecule has 0 radical (unpaired) electrons. The maximum atomic E-state index is 12.4. The van der Waals surface area contributed by atoms with Crippen LogP contribution in [0.2, 0.25) is 0 Å². The maximum absolute atomic E-state index is 12.4. The molecule has 2 rings (SSSR count). The summed E-state index contributed by atoms with van der Waals surface area (Å²) in [5.74, 6) is -0.541. The smallest absolute Gasteiger partial charge is 0.339 e. The van der Waals surface area contributed by atoms with Gasteiger partial charge in [-0.25, -0.2) is 9.59 Å². The average Bonchev–Trinajstić information content (AvgIpc) is 3.26. The minimum absolute atomic E-state index is 0.108. The Morgan fingerprint density at radius 3 is 1.54 bits per heavy atom. The Bertz CT molecular complexity index is 745. The highest BCUT2D eigenvalue weighted by Crippen LogP contribution is 2.19. The Hall–Kier alpha value is -2.21. The molecule has 210 valence electrons. The molecule has 37 heavy (non-hydrogen) atoms. The summed E-state index contributed by atoms with van der Waals surface area (Å²) in [6.07, 6.45) is 15.4. The van der Waals surface area contributed by atoms with Gasteiger partial charge in [0.05, 0.1) is 30.9 Å². The second-order valence-corrected chi connectivity index (χ2v) is 10.3. The third-order valence-electron chi connectivity index (χ3n) is 6.91. The molecule has 1 heterocycles. The van der Waals surface area contributed by atoms with Crippen LogP contribution in [0, 0.1) is 0 Å². The topological polar surface area (TPSA) is 81.7 Å². The van der Waals surface area contributed by atoms with Crippen molar-refractivity contribution in [1.29, 1.82) is 0 Å². The van der Waals surface area contributed by atoms with Crippen LogP contribution in [0.1, 0.15) is 138 Å². The second-order valence-electron chi connectivity index (χ2n) is 10.3. The highest BCUT2D eigenvalue weighted by atomic mass is 16.5. The van der Waals surface area contributed by atoms with Gasteiger partial charge in [-0.2, -0.15) is 0 Å². The summed E-state index contributed by atoms with van der Waals surface area (Å²) in [4.78, 5) is 35.5. The summed E-state index contributed by atoms with van der Waals surface area (Å²) in [6, 6.07) is 6.74. The van der Waals surface area contributed by atoms with Gasteiger partial charge >= 0.3 is 11.9 Å². The quantitative estimate of drug-likeness (QED) is 0.171. The van der Waals surface area contributed by atoms with E-state index in [0.717, 1.165) is 32.1 Å². The Morgan fingerprint density at radius 1 is 0.757 bits per heavy atom. The minimum Gasteiger partial charge on any atom is -0.462 e. The summed E-state index contributed by atoms with van der Waals surface area (Å²) in [5.41, 5.74) is 0.694. The van der Waals surface area contributed by atoms with E-state index in [9.17, 15) is 14.4 Å². The highest BCUT2D eigenvalue weighted by Gasteiger charge is 2.30. The van der Waals surface area contributed by atoms with Gasteiger partial charge in [0, 0.05) is 12.0 Å². The first-order valence-corrected chi connectivity index (χ1v) is 14.6. The van der Waals surface area contributed by atoms with E-state index >= 15 is 0 Å². The Morgan fingerprint density at radius 2 is 1.19 bits per heavy atom. The lowest BCUT2D eigenvalue weighted by Gasteiger charge is -2.19. The first-order chi connectivity index (χ1) is 17.9. The number of benzene rings is 1. The van der Waals surface area contributed by atoms with Crippen LogP contribution in [0.4, 0.5) is 0 Å². The predicted molar refractivity (Wildman–Crippen MR) is 150 cm³/mol. The van der Waals surface area contributed by atoms with Crippen LogP contribution in [-0.2, 0) is 14.3 Å².